The first-order chi connectivity index (χ1) is 68.2. The van der Waals surface area contributed by atoms with E-state index in [4.69, 9.17) is 153 Å². The van der Waals surface area contributed by atoms with E-state index in [-0.39, 0.29) is 166 Å². The molecule has 0 bridgehead atoms. The van der Waals surface area contributed by atoms with Crippen molar-refractivity contribution in [2.24, 2.45) is 45.8 Å². The lowest BCUT2D eigenvalue weighted by Crippen LogP contribution is -2.45. The Balaban J connectivity index is 0.000000166. The first kappa shape index (κ1) is 112. The number of thioether (sulfide) groups is 1. The van der Waals surface area contributed by atoms with E-state index in [2.05, 4.69) is 86.5 Å². The van der Waals surface area contributed by atoms with E-state index < -0.39 is 75.9 Å². The number of nitrogens with two attached hydrogens (primary N) is 1. The molecule has 0 spiro atoms. The van der Waals surface area contributed by atoms with Crippen LogP contribution in [-0.4, -0.2) is 247 Å². The number of fused-ring (bicyclic) bond motifs is 4. The fraction of sp³-hybridized carbons (Fsp3) is 0.370. The molecule has 5 saturated heterocycles. The zero-order valence-electron chi connectivity index (χ0n) is 79.7. The van der Waals surface area contributed by atoms with Crippen molar-refractivity contribution in [3.8, 4) is 90.5 Å². The van der Waals surface area contributed by atoms with Gasteiger partial charge in [-0.3, -0.25) is 47.0 Å². The highest BCUT2D eigenvalue weighted by Crippen LogP contribution is 2.50. The number of hydrogen-bond donors (Lipinski definition) is 6. The topological polar surface area (TPSA) is 497 Å². The number of carbonyl (C=O) groups is 2. The van der Waals surface area contributed by atoms with Crippen molar-refractivity contribution in [1.29, 1.82) is 0 Å². The summed E-state index contributed by atoms with van der Waals surface area (Å²) in [7, 11) is 8.24. The second kappa shape index (κ2) is 47.7. The number of nitrogens with one attached hydrogen (secondary N) is 5. The van der Waals surface area contributed by atoms with Crippen LogP contribution >= 0.6 is 116 Å². The Bertz CT molecular complexity index is 7330. The van der Waals surface area contributed by atoms with Gasteiger partial charge in [0.15, 0.2) is 29.5 Å². The summed E-state index contributed by atoms with van der Waals surface area (Å²) in [4.78, 5) is 110. The lowest BCUT2D eigenvalue weighted by molar-refractivity contribution is -0.117. The minimum Gasteiger partial charge on any atom is -0.495 e. The summed E-state index contributed by atoms with van der Waals surface area (Å²) in [5, 5.41) is 18.2. The SMILES string of the molecule is C1CCOC1.C=CC(=O)Cl.C=CC(=O)NC1CS(=O)(=O)CC1Nc1ncc2cc(-c3c(Cl)c(OC)cc(OC)c3Cl)c(=O)n(C)c2n1.COc1cc(OC)c(Cl)c(-c2cc3cnc(NC4CS(=O)(=O)CC4C)nc3n(C)c2=O)c1Cl.COc1cc(OC)c(Cl)c(-c2cc3cnc(NC4CS(=O)(=O)CC4N)nc3n(C)c2=O)c1Cl.COc1cc(OC)c(Cl)c(-c2cc3cnc(NC4CSCC4C)nc3n(C)c2=O)c1Cl. The highest BCUT2D eigenvalue weighted by molar-refractivity contribution is 7.99. The van der Waals surface area contributed by atoms with Crippen LogP contribution in [0.2, 0.25) is 40.2 Å². The molecule has 5 fully saturated rings. The van der Waals surface area contributed by atoms with Gasteiger partial charge in [-0.25, -0.2) is 45.2 Å². The normalized spacial score (nSPS) is 18.7. The van der Waals surface area contributed by atoms with Crippen LogP contribution in [0.4, 0.5) is 23.8 Å². The zero-order chi connectivity index (χ0) is 105. The summed E-state index contributed by atoms with van der Waals surface area (Å²) in [5.41, 5.74) is 7.97. The first-order valence-corrected chi connectivity index (χ1v) is 53.5. The minimum absolute atomic E-state index is 0.0160. The predicted molar refractivity (Wildman–Crippen MR) is 566 cm³/mol. The van der Waals surface area contributed by atoms with Crippen LogP contribution in [0.25, 0.3) is 88.6 Å². The summed E-state index contributed by atoms with van der Waals surface area (Å²) >= 11 is 58.7. The largest absolute Gasteiger partial charge is 0.495 e. The Morgan fingerprint density at radius 1 is 0.396 bits per heavy atom. The molecule has 8 unspecified atom stereocenters. The number of amides is 1. The van der Waals surface area contributed by atoms with Crippen molar-refractivity contribution < 1.29 is 77.5 Å². The van der Waals surface area contributed by atoms with Crippen LogP contribution in [0, 0.1) is 11.8 Å². The Kier molecular flexibility index (Phi) is 37.0. The molecule has 5 aliphatic heterocycles. The van der Waals surface area contributed by atoms with Crippen LogP contribution in [0.1, 0.15) is 26.7 Å². The molecule has 0 radical (unpaired) electrons. The third-order valence-electron chi connectivity index (χ3n) is 23.7. The van der Waals surface area contributed by atoms with Crippen molar-refractivity contribution in [3.05, 3.63) is 180 Å². The second-order valence-corrected chi connectivity index (χ2v) is 44.2. The lowest BCUT2D eigenvalue weighted by atomic mass is 10.0. The first-order valence-electron chi connectivity index (χ1n) is 43.5. The average Bonchev–Trinajstić information content (AvgIpc) is 0.920. The molecular formula is C92H99Cl9N18O21S4. The van der Waals surface area contributed by atoms with Crippen LogP contribution < -0.4 is 92.4 Å². The summed E-state index contributed by atoms with van der Waals surface area (Å²) in [6.07, 6.45) is 10.9. The molecule has 17 rings (SSSR count). The van der Waals surface area contributed by atoms with Gasteiger partial charge >= 0.3 is 0 Å². The molecule has 7 N–H and O–H groups in total. The van der Waals surface area contributed by atoms with Crippen molar-refractivity contribution >= 4 is 225 Å². The quantitative estimate of drug-likeness (QED) is 0.0256. The second-order valence-electron chi connectivity index (χ2n) is 33.3. The van der Waals surface area contributed by atoms with Gasteiger partial charge in [0.05, 0.1) is 172 Å². The maximum absolute atomic E-state index is 13.4. The maximum Gasteiger partial charge on any atom is 0.259 e. The van der Waals surface area contributed by atoms with Crippen molar-refractivity contribution in [2.45, 2.75) is 62.9 Å². The molecule has 39 nitrogen and oxygen atoms in total. The standard InChI is InChI=1S/C23H23Cl2N5O6S.C21H22Cl2N4O5S.C21H22Cl2N4O3S.C20H21Cl2N5O5S.C4H8O.C3H3ClO/c1-5-17(31)27-13-9-37(33,34)10-14(13)28-23-26-8-11-6-12(22(32)30(2)21(11)29-23)18-19(24)15(35-3)7-16(36-4)20(18)25;1-10-8-33(29,30)9-13(10)25-21-24-7-11-5-12(20(28)27(2)19(11)26-21)16-17(22)14(31-3)6-15(32-4)18(16)23;1-10-8-31-9-13(10)25-21-24-7-11-5-12(20(28)27(2)19(11)26-21)16-17(22)14(29-3)6-15(30-4)18(16)23;1-27-18-9(6-24-20(26-18)25-12-8-33(29,30)7-11(12)23)4-10(19(27)28)15-16(21)13(31-2)5-14(32-3)17(15)22;1-2-4-5-3-1;1-2-3(4)5/h5-8,13-14H,1,9-10H2,2-4H3,(H,27,31)(H,26,28,29);5-7,10,13H,8-9H2,1-4H3,(H,24,25,26);5-7,10,13H,8-9H2,1-4H3,(H,24,25,26);4-6,11-12H,7-8,23H2,1-3H3,(H,24,25,26);1-4H2;2H,1H2. The number of anilines is 4. The Labute approximate surface area is 875 Å². The number of hydrogen-bond acceptors (Lipinski definition) is 35. The molecule has 144 heavy (non-hydrogen) atoms. The highest BCUT2D eigenvalue weighted by Gasteiger charge is 2.41. The molecule has 8 aromatic heterocycles. The number of ether oxygens (including phenoxy) is 9. The number of rotatable bonds is 23. The zero-order valence-corrected chi connectivity index (χ0v) is 89.7. The van der Waals surface area contributed by atoms with Gasteiger partial charge in [0.25, 0.3) is 22.2 Å². The van der Waals surface area contributed by atoms with E-state index in [1.807, 2.05) is 18.7 Å². The number of nitrogens with zero attached hydrogens (tertiary/aromatic N) is 12. The van der Waals surface area contributed by atoms with Crippen LogP contribution in [0.15, 0.2) is 118 Å². The molecule has 0 aliphatic carbocycles. The van der Waals surface area contributed by atoms with Gasteiger partial charge in [-0.2, -0.15) is 31.7 Å². The number of allylic oxidation sites excluding steroid dienone is 1. The molecule has 0 saturated carbocycles. The van der Waals surface area contributed by atoms with E-state index in [0.717, 1.165) is 36.9 Å². The number of sulfone groups is 3. The Morgan fingerprint density at radius 3 is 0.903 bits per heavy atom. The van der Waals surface area contributed by atoms with Gasteiger partial charge < -0.3 is 74.9 Å². The summed E-state index contributed by atoms with van der Waals surface area (Å²) < 4.78 is 125. The fourth-order valence-electron chi connectivity index (χ4n) is 16.1. The molecule has 1 amide bonds. The van der Waals surface area contributed by atoms with Gasteiger partial charge in [0, 0.05) is 158 Å². The van der Waals surface area contributed by atoms with Crippen molar-refractivity contribution in [3.63, 3.8) is 0 Å². The molecule has 5 aliphatic rings. The molecule has 52 heteroatoms. The summed E-state index contributed by atoms with van der Waals surface area (Å²) in [5.74, 6) is 5.07. The predicted octanol–water partition coefficient (Wildman–Crippen LogP) is 13.4. The number of aryl methyl sites for hydroxylation is 4. The van der Waals surface area contributed by atoms with Crippen LogP contribution in [0.3, 0.4) is 0 Å². The summed E-state index contributed by atoms with van der Waals surface area (Å²) in [6.45, 7) is 12.5. The van der Waals surface area contributed by atoms with Gasteiger partial charge in [0.2, 0.25) is 34.9 Å². The minimum atomic E-state index is -3.40. The molecule has 12 aromatic rings. The van der Waals surface area contributed by atoms with Gasteiger partial charge in [-0.1, -0.05) is 120 Å². The van der Waals surface area contributed by atoms with E-state index in [0.29, 0.717) is 102 Å². The Morgan fingerprint density at radius 2 is 0.660 bits per heavy atom. The Hall–Kier alpha value is -11.0. The van der Waals surface area contributed by atoms with Gasteiger partial charge in [-0.05, 0) is 78.4 Å². The summed E-state index contributed by atoms with van der Waals surface area (Å²) in [6, 6.07) is 10.2. The van der Waals surface area contributed by atoms with E-state index in [1.54, 1.807) is 69.9 Å². The molecule has 4 aromatic carbocycles. The highest BCUT2D eigenvalue weighted by atomic mass is 35.5. The van der Waals surface area contributed by atoms with E-state index in [9.17, 15) is 54.0 Å². The van der Waals surface area contributed by atoms with Gasteiger partial charge in [-0.15, -0.1) is 0 Å². The molecule has 13 heterocycles. The third-order valence-corrected chi connectivity index (χ3v) is 33.6. The van der Waals surface area contributed by atoms with Gasteiger partial charge in [0.1, 0.15) is 68.6 Å². The van der Waals surface area contributed by atoms with Crippen molar-refractivity contribution in [1.82, 2.24) is 63.5 Å². The maximum atomic E-state index is 13.4. The number of aromatic nitrogens is 12. The number of carbonyl (C=O) groups excluding carboxylic acids is 2. The average molecular weight is 2240 g/mol. The molecule has 770 valence electrons. The number of benzene rings is 4. The molecule has 8 atom stereocenters. The third kappa shape index (κ3) is 24.9. The van der Waals surface area contributed by atoms with E-state index in [1.165, 1.54) is 120 Å². The van der Waals surface area contributed by atoms with Crippen LogP contribution in [-0.2, 0) is 72.0 Å². The van der Waals surface area contributed by atoms with Crippen molar-refractivity contribution in [2.75, 3.05) is 137 Å². The number of halogens is 9. The number of pyridine rings is 4. The lowest BCUT2D eigenvalue weighted by Gasteiger charge is -2.20. The van der Waals surface area contributed by atoms with Crippen LogP contribution in [0.5, 0.6) is 46.0 Å². The smallest absolute Gasteiger partial charge is 0.259 e. The fourth-order valence-corrected chi connectivity index (χ4v) is 26.1. The molecular weight excluding hydrogens is 2140 g/mol. The monoisotopic (exact) mass is 2230 g/mol. The number of methoxy groups -OCH3 is 8. The van der Waals surface area contributed by atoms with E-state index >= 15 is 0 Å².